The van der Waals surface area contributed by atoms with E-state index in [-0.39, 0.29) is 11.9 Å². The van der Waals surface area contributed by atoms with Gasteiger partial charge in [-0.05, 0) is 43.0 Å². The maximum Gasteiger partial charge on any atom is 0.123 e. The Morgan fingerprint density at radius 1 is 1.29 bits per heavy atom. The van der Waals surface area contributed by atoms with Gasteiger partial charge in [-0.15, -0.1) is 11.8 Å². The molecule has 4 heteroatoms. The second-order valence-electron chi connectivity index (χ2n) is 4.38. The van der Waals surface area contributed by atoms with Crippen molar-refractivity contribution in [3.05, 3.63) is 30.1 Å². The Labute approximate surface area is 106 Å². The number of nitrogens with two attached hydrogens (primary N) is 1. The predicted octanol–water partition coefficient (Wildman–Crippen LogP) is 2.67. The molecule has 0 saturated carbocycles. The zero-order valence-electron chi connectivity index (χ0n) is 9.77. The quantitative estimate of drug-likeness (QED) is 0.840. The van der Waals surface area contributed by atoms with Gasteiger partial charge in [0.05, 0.1) is 0 Å². The fourth-order valence-electron chi connectivity index (χ4n) is 2.00. The monoisotopic (exact) mass is 255 g/mol. The summed E-state index contributed by atoms with van der Waals surface area (Å²) in [6, 6.07) is 6.78. The minimum absolute atomic E-state index is 0.192. The van der Waals surface area contributed by atoms with Gasteiger partial charge >= 0.3 is 0 Å². The standard InChI is InChI=1S/C13H18FNOS/c14-11-1-3-12(4-2-11)17-9-13(15)10-5-7-16-8-6-10/h1-4,10,13H,5-9,15H2. The molecule has 1 heterocycles. The Balaban J connectivity index is 1.78. The second kappa shape index (κ2) is 6.38. The van der Waals surface area contributed by atoms with Crippen molar-refractivity contribution in [3.8, 4) is 0 Å². The van der Waals surface area contributed by atoms with Crippen LogP contribution in [0.25, 0.3) is 0 Å². The van der Waals surface area contributed by atoms with E-state index in [9.17, 15) is 4.39 Å². The Kier molecular flexibility index (Phi) is 4.83. The molecule has 1 fully saturated rings. The molecule has 1 atom stereocenters. The summed E-state index contributed by atoms with van der Waals surface area (Å²) in [7, 11) is 0. The van der Waals surface area contributed by atoms with E-state index in [1.165, 1.54) is 12.1 Å². The third-order valence-electron chi connectivity index (χ3n) is 3.13. The number of halogens is 1. The molecular formula is C13H18FNOS. The molecule has 2 N–H and O–H groups in total. The van der Waals surface area contributed by atoms with Crippen LogP contribution in [0.15, 0.2) is 29.2 Å². The first kappa shape index (κ1) is 12.9. The van der Waals surface area contributed by atoms with Crippen LogP contribution in [0, 0.1) is 11.7 Å². The highest BCUT2D eigenvalue weighted by atomic mass is 32.2. The maximum atomic E-state index is 12.7. The average molecular weight is 255 g/mol. The van der Waals surface area contributed by atoms with Crippen molar-refractivity contribution in [3.63, 3.8) is 0 Å². The van der Waals surface area contributed by atoms with Crippen LogP contribution in [-0.2, 0) is 4.74 Å². The van der Waals surface area contributed by atoms with Gasteiger partial charge in [0.2, 0.25) is 0 Å². The van der Waals surface area contributed by atoms with Crippen molar-refractivity contribution < 1.29 is 9.13 Å². The summed E-state index contributed by atoms with van der Waals surface area (Å²) in [6.07, 6.45) is 2.12. The number of thioether (sulfide) groups is 1. The fourth-order valence-corrected chi connectivity index (χ4v) is 2.99. The van der Waals surface area contributed by atoms with E-state index in [1.54, 1.807) is 23.9 Å². The molecule has 0 amide bonds. The highest BCUT2D eigenvalue weighted by Gasteiger charge is 2.20. The highest BCUT2D eigenvalue weighted by molar-refractivity contribution is 7.99. The van der Waals surface area contributed by atoms with Crippen LogP contribution in [0.3, 0.4) is 0 Å². The van der Waals surface area contributed by atoms with Crippen LogP contribution in [-0.4, -0.2) is 25.0 Å². The minimum Gasteiger partial charge on any atom is -0.381 e. The van der Waals surface area contributed by atoms with Crippen molar-refractivity contribution in [1.29, 1.82) is 0 Å². The maximum absolute atomic E-state index is 12.7. The van der Waals surface area contributed by atoms with E-state index in [0.29, 0.717) is 5.92 Å². The van der Waals surface area contributed by atoms with E-state index in [0.717, 1.165) is 36.7 Å². The minimum atomic E-state index is -0.192. The highest BCUT2D eigenvalue weighted by Crippen LogP contribution is 2.24. The summed E-state index contributed by atoms with van der Waals surface area (Å²) < 4.78 is 18.1. The summed E-state index contributed by atoms with van der Waals surface area (Å²) in [5.74, 6) is 1.26. The van der Waals surface area contributed by atoms with Crippen molar-refractivity contribution in [2.24, 2.45) is 11.7 Å². The zero-order valence-corrected chi connectivity index (χ0v) is 10.6. The van der Waals surface area contributed by atoms with E-state index >= 15 is 0 Å². The van der Waals surface area contributed by atoms with Crippen molar-refractivity contribution in [1.82, 2.24) is 0 Å². The van der Waals surface area contributed by atoms with E-state index in [1.807, 2.05) is 0 Å². The molecular weight excluding hydrogens is 237 g/mol. The van der Waals surface area contributed by atoms with Crippen LogP contribution in [0.5, 0.6) is 0 Å². The fraction of sp³-hybridized carbons (Fsp3) is 0.538. The first-order valence-corrected chi connectivity index (χ1v) is 6.96. The van der Waals surface area contributed by atoms with Gasteiger partial charge in [0.15, 0.2) is 0 Å². The third-order valence-corrected chi connectivity index (χ3v) is 4.28. The summed E-state index contributed by atoms with van der Waals surface area (Å²) in [5.41, 5.74) is 6.18. The first-order valence-electron chi connectivity index (χ1n) is 5.97. The van der Waals surface area contributed by atoms with E-state index in [2.05, 4.69) is 0 Å². The summed E-state index contributed by atoms with van der Waals surface area (Å²) in [6.45, 7) is 1.67. The summed E-state index contributed by atoms with van der Waals surface area (Å²) in [5, 5.41) is 0. The van der Waals surface area contributed by atoms with Crippen molar-refractivity contribution >= 4 is 11.8 Å². The van der Waals surface area contributed by atoms with Crippen LogP contribution < -0.4 is 5.73 Å². The van der Waals surface area contributed by atoms with Gasteiger partial charge in [-0.25, -0.2) is 4.39 Å². The second-order valence-corrected chi connectivity index (χ2v) is 5.47. The molecule has 0 radical (unpaired) electrons. The Hall–Kier alpha value is -0.580. The number of benzene rings is 1. The van der Waals surface area contributed by atoms with Crippen LogP contribution in [0.4, 0.5) is 4.39 Å². The van der Waals surface area contributed by atoms with Gasteiger partial charge in [0.1, 0.15) is 5.82 Å². The van der Waals surface area contributed by atoms with Gasteiger partial charge in [0.25, 0.3) is 0 Å². The Bertz CT molecular complexity index is 338. The lowest BCUT2D eigenvalue weighted by atomic mass is 9.94. The molecule has 1 aliphatic rings. The molecule has 1 saturated heterocycles. The van der Waals surface area contributed by atoms with Crippen molar-refractivity contribution in [2.45, 2.75) is 23.8 Å². The lowest BCUT2D eigenvalue weighted by molar-refractivity contribution is 0.0607. The molecule has 1 aromatic carbocycles. The number of hydrogen-bond donors (Lipinski definition) is 1. The van der Waals surface area contributed by atoms with Gasteiger partial charge in [-0.3, -0.25) is 0 Å². The molecule has 1 aromatic rings. The Morgan fingerprint density at radius 3 is 2.59 bits per heavy atom. The first-order chi connectivity index (χ1) is 8.25. The summed E-state index contributed by atoms with van der Waals surface area (Å²) >= 11 is 1.70. The largest absolute Gasteiger partial charge is 0.381 e. The molecule has 2 rings (SSSR count). The zero-order chi connectivity index (χ0) is 12.1. The molecule has 1 aliphatic heterocycles. The van der Waals surface area contributed by atoms with Crippen molar-refractivity contribution in [2.75, 3.05) is 19.0 Å². The average Bonchev–Trinajstić information content (AvgIpc) is 2.39. The number of rotatable bonds is 4. The summed E-state index contributed by atoms with van der Waals surface area (Å²) in [4.78, 5) is 1.08. The van der Waals surface area contributed by atoms with Crippen LogP contribution >= 0.6 is 11.8 Å². The van der Waals surface area contributed by atoms with Crippen LogP contribution in [0.1, 0.15) is 12.8 Å². The SMILES string of the molecule is NC(CSc1ccc(F)cc1)C1CCOCC1. The third kappa shape index (κ3) is 3.98. The molecule has 94 valence electrons. The smallest absolute Gasteiger partial charge is 0.123 e. The molecule has 2 nitrogen and oxygen atoms in total. The molecule has 17 heavy (non-hydrogen) atoms. The molecule has 0 bridgehead atoms. The van der Waals surface area contributed by atoms with E-state index in [4.69, 9.17) is 10.5 Å². The molecule has 0 spiro atoms. The normalized spacial score (nSPS) is 19.2. The molecule has 1 unspecified atom stereocenters. The lowest BCUT2D eigenvalue weighted by Gasteiger charge is -2.27. The van der Waals surface area contributed by atoms with Gasteiger partial charge in [-0.2, -0.15) is 0 Å². The van der Waals surface area contributed by atoms with Gasteiger partial charge in [0, 0.05) is 29.9 Å². The van der Waals surface area contributed by atoms with Gasteiger partial charge in [-0.1, -0.05) is 0 Å². The topological polar surface area (TPSA) is 35.2 Å². The lowest BCUT2D eigenvalue weighted by Crippen LogP contribution is -2.36. The molecule has 0 aliphatic carbocycles. The Morgan fingerprint density at radius 2 is 1.94 bits per heavy atom. The number of ether oxygens (including phenoxy) is 1. The number of hydrogen-bond acceptors (Lipinski definition) is 3. The van der Waals surface area contributed by atoms with E-state index < -0.39 is 0 Å². The van der Waals surface area contributed by atoms with Gasteiger partial charge < -0.3 is 10.5 Å². The predicted molar refractivity (Wildman–Crippen MR) is 68.6 cm³/mol. The van der Waals surface area contributed by atoms with Crippen LogP contribution in [0.2, 0.25) is 0 Å². The molecule has 0 aromatic heterocycles.